The Balaban J connectivity index is 1.67. The van der Waals surface area contributed by atoms with Crippen LogP contribution in [0.1, 0.15) is 38.1 Å². The molecule has 5 rings (SSSR count). The summed E-state index contributed by atoms with van der Waals surface area (Å²) in [6.07, 6.45) is 8.12. The number of hydrogen-bond donors (Lipinski definition) is 0. The molecule has 4 nitrogen and oxygen atoms in total. The first kappa shape index (κ1) is 15.2. The van der Waals surface area contributed by atoms with Crippen LogP contribution in [0, 0.1) is 0 Å². The van der Waals surface area contributed by atoms with Crippen LogP contribution in [-0.2, 0) is 7.05 Å². The lowest BCUT2D eigenvalue weighted by molar-refractivity contribution is 0.0393. The lowest BCUT2D eigenvalue weighted by Crippen LogP contribution is -2.50. The molecule has 3 atom stereocenters. The summed E-state index contributed by atoms with van der Waals surface area (Å²) < 4.78 is 4.17. The van der Waals surface area contributed by atoms with Gasteiger partial charge in [0.25, 0.3) is 5.56 Å². The highest BCUT2D eigenvalue weighted by atomic mass is 16.1. The molecule has 0 radical (unpaired) electrons. The molecule has 2 saturated heterocycles. The third-order valence-electron chi connectivity index (χ3n) is 6.70. The van der Waals surface area contributed by atoms with Crippen LogP contribution < -0.4 is 5.56 Å². The van der Waals surface area contributed by atoms with Gasteiger partial charge in [-0.2, -0.15) is 0 Å². The van der Waals surface area contributed by atoms with Crippen LogP contribution in [0.4, 0.5) is 0 Å². The van der Waals surface area contributed by atoms with Crippen molar-refractivity contribution in [3.8, 4) is 0 Å². The molecule has 4 heterocycles. The molecule has 4 heteroatoms. The van der Waals surface area contributed by atoms with E-state index in [9.17, 15) is 4.79 Å². The van der Waals surface area contributed by atoms with E-state index < -0.39 is 0 Å². The molecule has 0 spiro atoms. The van der Waals surface area contributed by atoms with E-state index in [4.69, 9.17) is 0 Å². The van der Waals surface area contributed by atoms with Crippen molar-refractivity contribution in [1.29, 1.82) is 0 Å². The van der Waals surface area contributed by atoms with Gasteiger partial charge in [-0.25, -0.2) is 0 Å². The van der Waals surface area contributed by atoms with Crippen LogP contribution in [0.15, 0.2) is 41.3 Å². The van der Waals surface area contributed by atoms with E-state index in [0.717, 1.165) is 34.6 Å². The van der Waals surface area contributed by atoms with Crippen LogP contribution in [0.2, 0.25) is 0 Å². The summed E-state index contributed by atoms with van der Waals surface area (Å²) in [4.78, 5) is 15.9. The minimum absolute atomic E-state index is 0.182. The topological polar surface area (TPSA) is 30.2 Å². The Morgan fingerprint density at radius 1 is 0.920 bits per heavy atom. The Hall–Kier alpha value is -2.07. The lowest BCUT2D eigenvalue weighted by atomic mass is 9.82. The first-order valence-corrected chi connectivity index (χ1v) is 9.45. The monoisotopic (exact) mass is 335 g/mol. The van der Waals surface area contributed by atoms with Gasteiger partial charge in [-0.1, -0.05) is 24.6 Å². The molecule has 2 fully saturated rings. The van der Waals surface area contributed by atoms with Crippen LogP contribution >= 0.6 is 0 Å². The highest BCUT2D eigenvalue weighted by molar-refractivity contribution is 6.07. The molecule has 2 bridgehead atoms. The highest BCUT2D eigenvalue weighted by Crippen LogP contribution is 2.38. The van der Waals surface area contributed by atoms with Crippen molar-refractivity contribution in [3.05, 3.63) is 46.9 Å². The number of rotatable bonds is 1. The van der Waals surface area contributed by atoms with Crippen molar-refractivity contribution in [2.24, 2.45) is 7.05 Å². The standard InChI is InChI=1S/C21H25N3O/c1-22-14-6-5-7-15(22)13-16(12-14)24-11-10-19-20(21(24)25)17-8-3-4-9-18(17)23(19)2/h3-4,8-11,14-16H,5-7,12-13H2,1-2H3/t14-,15+,16-. The van der Waals surface area contributed by atoms with Gasteiger partial charge < -0.3 is 14.0 Å². The van der Waals surface area contributed by atoms with Crippen LogP contribution in [0.5, 0.6) is 0 Å². The van der Waals surface area contributed by atoms with Crippen molar-refractivity contribution in [2.75, 3.05) is 7.05 Å². The molecule has 0 aliphatic carbocycles. The minimum Gasteiger partial charge on any atom is -0.343 e. The molecule has 25 heavy (non-hydrogen) atoms. The summed E-state index contributed by atoms with van der Waals surface area (Å²) in [5.74, 6) is 0. The van der Waals surface area contributed by atoms with E-state index in [2.05, 4.69) is 41.8 Å². The zero-order valence-electron chi connectivity index (χ0n) is 15.0. The summed E-state index contributed by atoms with van der Waals surface area (Å²) in [5.41, 5.74) is 2.35. The fourth-order valence-electron chi connectivity index (χ4n) is 5.28. The maximum Gasteiger partial charge on any atom is 0.260 e. The van der Waals surface area contributed by atoms with Crippen molar-refractivity contribution >= 4 is 21.8 Å². The van der Waals surface area contributed by atoms with Crippen molar-refractivity contribution in [1.82, 2.24) is 14.0 Å². The van der Waals surface area contributed by atoms with E-state index in [-0.39, 0.29) is 5.56 Å². The zero-order valence-corrected chi connectivity index (χ0v) is 15.0. The summed E-state index contributed by atoms with van der Waals surface area (Å²) in [6, 6.07) is 12.0. The van der Waals surface area contributed by atoms with Gasteiger partial charge in [-0.3, -0.25) is 4.79 Å². The number of fused-ring (bicyclic) bond motifs is 5. The number of para-hydroxylation sites is 1. The molecule has 0 saturated carbocycles. The molecular formula is C21H25N3O. The molecule has 2 aliphatic rings. The number of aromatic nitrogens is 2. The Morgan fingerprint density at radius 2 is 1.64 bits per heavy atom. The number of piperidine rings is 2. The Morgan fingerprint density at radius 3 is 2.40 bits per heavy atom. The number of aryl methyl sites for hydroxylation is 1. The lowest BCUT2D eigenvalue weighted by Gasteiger charge is -2.47. The fourth-order valence-corrected chi connectivity index (χ4v) is 5.28. The molecule has 0 N–H and O–H groups in total. The van der Waals surface area contributed by atoms with Crippen LogP contribution in [0.3, 0.4) is 0 Å². The van der Waals surface area contributed by atoms with E-state index in [0.29, 0.717) is 18.1 Å². The van der Waals surface area contributed by atoms with E-state index in [1.54, 1.807) is 0 Å². The summed E-state index contributed by atoms with van der Waals surface area (Å²) in [6.45, 7) is 0. The van der Waals surface area contributed by atoms with E-state index in [1.807, 2.05) is 22.9 Å². The van der Waals surface area contributed by atoms with Crippen LogP contribution in [0.25, 0.3) is 21.8 Å². The summed E-state index contributed by atoms with van der Waals surface area (Å²) in [7, 11) is 4.32. The second kappa shape index (κ2) is 5.46. The minimum atomic E-state index is 0.182. The van der Waals surface area contributed by atoms with Gasteiger partial charge in [0.2, 0.25) is 0 Å². The van der Waals surface area contributed by atoms with Gasteiger partial charge >= 0.3 is 0 Å². The second-order valence-electron chi connectivity index (χ2n) is 7.89. The summed E-state index contributed by atoms with van der Waals surface area (Å²) >= 11 is 0. The van der Waals surface area contributed by atoms with Crippen molar-refractivity contribution in [2.45, 2.75) is 50.2 Å². The average molecular weight is 335 g/mol. The second-order valence-corrected chi connectivity index (χ2v) is 7.89. The normalized spacial score (nSPS) is 27.2. The van der Waals surface area contributed by atoms with Gasteiger partial charge in [0, 0.05) is 42.3 Å². The van der Waals surface area contributed by atoms with Gasteiger partial charge in [-0.05, 0) is 44.9 Å². The molecule has 130 valence electrons. The maximum atomic E-state index is 13.4. The van der Waals surface area contributed by atoms with Crippen molar-refractivity contribution in [3.63, 3.8) is 0 Å². The number of pyridine rings is 1. The third-order valence-corrected chi connectivity index (χ3v) is 6.70. The highest BCUT2D eigenvalue weighted by Gasteiger charge is 2.37. The molecule has 1 aromatic carbocycles. The molecule has 3 aromatic rings. The molecular weight excluding hydrogens is 310 g/mol. The predicted octanol–water partition coefficient (Wildman–Crippen LogP) is 3.68. The predicted molar refractivity (Wildman–Crippen MR) is 102 cm³/mol. The first-order chi connectivity index (χ1) is 12.1. The summed E-state index contributed by atoms with van der Waals surface area (Å²) in [5, 5.41) is 1.96. The van der Waals surface area contributed by atoms with Gasteiger partial charge in [-0.15, -0.1) is 0 Å². The van der Waals surface area contributed by atoms with Crippen LogP contribution in [-0.4, -0.2) is 33.2 Å². The van der Waals surface area contributed by atoms with E-state index in [1.165, 1.54) is 19.3 Å². The Labute approximate surface area is 147 Å². The molecule has 2 aliphatic heterocycles. The Bertz CT molecular complexity index is 1000. The Kier molecular flexibility index (Phi) is 3.32. The fraction of sp³-hybridized carbons (Fsp3) is 0.476. The smallest absolute Gasteiger partial charge is 0.260 e. The van der Waals surface area contributed by atoms with E-state index >= 15 is 0 Å². The molecule has 2 aromatic heterocycles. The first-order valence-electron chi connectivity index (χ1n) is 9.45. The quantitative estimate of drug-likeness (QED) is 0.679. The van der Waals surface area contributed by atoms with Gasteiger partial charge in [0.05, 0.1) is 10.9 Å². The maximum absolute atomic E-state index is 13.4. The molecule has 0 unspecified atom stereocenters. The third kappa shape index (κ3) is 2.13. The average Bonchev–Trinajstić information content (AvgIpc) is 2.89. The zero-order chi connectivity index (χ0) is 17.1. The largest absolute Gasteiger partial charge is 0.343 e. The number of nitrogens with zero attached hydrogens (tertiary/aromatic N) is 3. The van der Waals surface area contributed by atoms with Crippen molar-refractivity contribution < 1.29 is 0 Å². The SMILES string of the molecule is CN1[C@@H]2CCC[C@H]1C[C@H](n1ccc3c(c1=O)c1ccccc1n3C)C2. The number of hydrogen-bond acceptors (Lipinski definition) is 2. The number of benzene rings is 1. The molecule has 0 amide bonds. The van der Waals surface area contributed by atoms with Gasteiger partial charge in [0.1, 0.15) is 0 Å². The van der Waals surface area contributed by atoms with Gasteiger partial charge in [0.15, 0.2) is 0 Å².